The molecule has 1 aliphatic heterocycles. The van der Waals surface area contributed by atoms with Gasteiger partial charge in [0.05, 0.1) is 5.69 Å². The zero-order valence-electron chi connectivity index (χ0n) is 13.6. The first-order chi connectivity index (χ1) is 10.7. The highest BCUT2D eigenvalue weighted by Gasteiger charge is 2.16. The normalized spacial score (nSPS) is 16.2. The summed E-state index contributed by atoms with van der Waals surface area (Å²) in [5.41, 5.74) is 3.75. The van der Waals surface area contributed by atoms with Gasteiger partial charge >= 0.3 is 0 Å². The van der Waals surface area contributed by atoms with Gasteiger partial charge in [0.25, 0.3) is 0 Å². The van der Waals surface area contributed by atoms with Gasteiger partial charge in [-0.2, -0.15) is 0 Å². The summed E-state index contributed by atoms with van der Waals surface area (Å²) >= 11 is 0. The molecule has 1 aliphatic rings. The molecule has 2 aromatic rings. The summed E-state index contributed by atoms with van der Waals surface area (Å²) in [6.45, 7) is 9.75. The van der Waals surface area contributed by atoms with Gasteiger partial charge in [-0.3, -0.25) is 4.90 Å². The van der Waals surface area contributed by atoms with Crippen molar-refractivity contribution in [1.29, 1.82) is 0 Å². The average molecular weight is 299 g/mol. The van der Waals surface area contributed by atoms with E-state index in [-0.39, 0.29) is 0 Å². The topological polar surface area (TPSA) is 32.5 Å². The van der Waals surface area contributed by atoms with Crippen LogP contribution >= 0.6 is 0 Å². The van der Waals surface area contributed by atoms with Crippen LogP contribution < -0.4 is 4.90 Å². The van der Waals surface area contributed by atoms with Gasteiger partial charge in [-0.25, -0.2) is 0 Å². The Morgan fingerprint density at radius 3 is 2.41 bits per heavy atom. The zero-order chi connectivity index (χ0) is 15.4. The number of anilines is 1. The number of piperazine rings is 1. The van der Waals surface area contributed by atoms with Crippen LogP contribution in [0.2, 0.25) is 0 Å². The van der Waals surface area contributed by atoms with Crippen LogP contribution in [0.15, 0.2) is 34.9 Å². The SMILES string of the molecule is Cc1ccc(N2CCN(CCCc3cc(C)on3)CC2)cc1. The van der Waals surface area contributed by atoms with Crippen molar-refractivity contribution in [3.05, 3.63) is 47.3 Å². The number of benzene rings is 1. The summed E-state index contributed by atoms with van der Waals surface area (Å²) < 4.78 is 5.11. The van der Waals surface area contributed by atoms with Gasteiger partial charge in [-0.1, -0.05) is 22.9 Å². The van der Waals surface area contributed by atoms with E-state index in [0.717, 1.165) is 57.0 Å². The molecule has 0 saturated carbocycles. The molecular formula is C18H25N3O. The van der Waals surface area contributed by atoms with Crippen molar-refractivity contribution < 1.29 is 4.52 Å². The maximum Gasteiger partial charge on any atom is 0.133 e. The number of aromatic nitrogens is 1. The van der Waals surface area contributed by atoms with Crippen LogP contribution in [0.25, 0.3) is 0 Å². The van der Waals surface area contributed by atoms with Crippen LogP contribution in [-0.2, 0) is 6.42 Å². The first-order valence-electron chi connectivity index (χ1n) is 8.17. The average Bonchev–Trinajstić information content (AvgIpc) is 2.94. The van der Waals surface area contributed by atoms with Gasteiger partial charge in [0.2, 0.25) is 0 Å². The second kappa shape index (κ2) is 6.97. The molecule has 22 heavy (non-hydrogen) atoms. The molecule has 0 N–H and O–H groups in total. The van der Waals surface area contributed by atoms with Crippen LogP contribution in [0.4, 0.5) is 5.69 Å². The van der Waals surface area contributed by atoms with Crippen molar-refractivity contribution in [3.8, 4) is 0 Å². The Kier molecular flexibility index (Phi) is 4.78. The van der Waals surface area contributed by atoms with Gasteiger partial charge in [-0.15, -0.1) is 0 Å². The number of hydrogen-bond acceptors (Lipinski definition) is 4. The summed E-state index contributed by atoms with van der Waals surface area (Å²) in [7, 11) is 0. The predicted octanol–water partition coefficient (Wildman–Crippen LogP) is 3.05. The van der Waals surface area contributed by atoms with Crippen molar-refractivity contribution in [2.45, 2.75) is 26.7 Å². The fourth-order valence-electron chi connectivity index (χ4n) is 3.00. The molecule has 1 aromatic carbocycles. The van der Waals surface area contributed by atoms with E-state index in [1.54, 1.807) is 0 Å². The second-order valence-electron chi connectivity index (χ2n) is 6.20. The molecule has 4 nitrogen and oxygen atoms in total. The molecule has 4 heteroatoms. The first-order valence-corrected chi connectivity index (χ1v) is 8.17. The molecule has 1 aromatic heterocycles. The number of hydrogen-bond donors (Lipinski definition) is 0. The Bertz CT molecular complexity index is 583. The molecule has 0 bridgehead atoms. The molecule has 0 radical (unpaired) electrons. The second-order valence-corrected chi connectivity index (χ2v) is 6.20. The quantitative estimate of drug-likeness (QED) is 0.849. The zero-order valence-corrected chi connectivity index (χ0v) is 13.6. The van der Waals surface area contributed by atoms with E-state index >= 15 is 0 Å². The fraction of sp³-hybridized carbons (Fsp3) is 0.500. The maximum absolute atomic E-state index is 5.11. The summed E-state index contributed by atoms with van der Waals surface area (Å²) in [5.74, 6) is 0.904. The van der Waals surface area contributed by atoms with Crippen LogP contribution in [-0.4, -0.2) is 42.8 Å². The van der Waals surface area contributed by atoms with Gasteiger partial charge in [0.1, 0.15) is 5.76 Å². The third-order valence-corrected chi connectivity index (χ3v) is 4.36. The summed E-state index contributed by atoms with van der Waals surface area (Å²) in [6.07, 6.45) is 2.16. The van der Waals surface area contributed by atoms with Crippen molar-refractivity contribution in [2.24, 2.45) is 0 Å². The molecule has 0 atom stereocenters. The molecular weight excluding hydrogens is 274 g/mol. The molecule has 1 fully saturated rings. The van der Waals surface area contributed by atoms with Gasteiger partial charge in [0, 0.05) is 37.9 Å². The Morgan fingerprint density at radius 1 is 1.05 bits per heavy atom. The molecule has 118 valence electrons. The van der Waals surface area contributed by atoms with E-state index in [2.05, 4.69) is 46.1 Å². The predicted molar refractivity (Wildman–Crippen MR) is 89.4 cm³/mol. The summed E-state index contributed by atoms with van der Waals surface area (Å²) in [6, 6.07) is 10.9. The first kappa shape index (κ1) is 15.1. The number of nitrogens with zero attached hydrogens (tertiary/aromatic N) is 3. The molecule has 0 spiro atoms. The fourth-order valence-corrected chi connectivity index (χ4v) is 3.00. The van der Waals surface area contributed by atoms with Crippen LogP contribution in [0.3, 0.4) is 0 Å². The molecule has 0 unspecified atom stereocenters. The van der Waals surface area contributed by atoms with E-state index in [9.17, 15) is 0 Å². The lowest BCUT2D eigenvalue weighted by atomic mass is 10.2. The molecule has 3 rings (SSSR count). The lowest BCUT2D eigenvalue weighted by Gasteiger charge is -2.36. The van der Waals surface area contributed by atoms with E-state index in [1.165, 1.54) is 11.3 Å². The lowest BCUT2D eigenvalue weighted by Crippen LogP contribution is -2.46. The highest BCUT2D eigenvalue weighted by molar-refractivity contribution is 5.47. The Labute approximate surface area is 132 Å². The van der Waals surface area contributed by atoms with E-state index in [1.807, 2.05) is 13.0 Å². The summed E-state index contributed by atoms with van der Waals surface area (Å²) in [5, 5.41) is 4.06. The Morgan fingerprint density at radius 2 is 1.77 bits per heavy atom. The molecule has 0 aliphatic carbocycles. The Balaban J connectivity index is 1.41. The minimum Gasteiger partial charge on any atom is -0.369 e. The molecule has 0 amide bonds. The number of aryl methyl sites for hydroxylation is 3. The minimum absolute atomic E-state index is 0.904. The standard InChI is InChI=1S/C18H25N3O/c1-15-5-7-18(8-6-15)21-12-10-20(11-13-21)9-3-4-17-14-16(2)22-19-17/h5-8,14H,3-4,9-13H2,1-2H3. The smallest absolute Gasteiger partial charge is 0.133 e. The van der Waals surface area contributed by atoms with Gasteiger partial charge in [0.15, 0.2) is 0 Å². The maximum atomic E-state index is 5.11. The van der Waals surface area contributed by atoms with Crippen molar-refractivity contribution in [1.82, 2.24) is 10.1 Å². The van der Waals surface area contributed by atoms with E-state index in [0.29, 0.717) is 0 Å². The van der Waals surface area contributed by atoms with Gasteiger partial charge in [-0.05, 0) is 45.4 Å². The summed E-state index contributed by atoms with van der Waals surface area (Å²) in [4.78, 5) is 5.04. The van der Waals surface area contributed by atoms with Crippen molar-refractivity contribution >= 4 is 5.69 Å². The lowest BCUT2D eigenvalue weighted by molar-refractivity contribution is 0.254. The third kappa shape index (κ3) is 3.89. The third-order valence-electron chi connectivity index (χ3n) is 4.36. The monoisotopic (exact) mass is 299 g/mol. The van der Waals surface area contributed by atoms with E-state index in [4.69, 9.17) is 4.52 Å². The van der Waals surface area contributed by atoms with Crippen LogP contribution in [0.5, 0.6) is 0 Å². The molecule has 1 saturated heterocycles. The van der Waals surface area contributed by atoms with Gasteiger partial charge < -0.3 is 9.42 Å². The van der Waals surface area contributed by atoms with E-state index < -0.39 is 0 Å². The van der Waals surface area contributed by atoms with Crippen molar-refractivity contribution in [3.63, 3.8) is 0 Å². The van der Waals surface area contributed by atoms with Crippen LogP contribution in [0, 0.1) is 13.8 Å². The van der Waals surface area contributed by atoms with Crippen molar-refractivity contribution in [2.75, 3.05) is 37.6 Å². The molecule has 2 heterocycles. The largest absolute Gasteiger partial charge is 0.369 e. The number of rotatable bonds is 5. The highest BCUT2D eigenvalue weighted by atomic mass is 16.5. The highest BCUT2D eigenvalue weighted by Crippen LogP contribution is 2.17. The Hall–Kier alpha value is -1.81. The minimum atomic E-state index is 0.904. The van der Waals surface area contributed by atoms with Crippen LogP contribution in [0.1, 0.15) is 23.4 Å².